The number of nitrogens with zero attached hydrogens (tertiary/aromatic N) is 2. The number of rotatable bonds is 5. The van der Waals surface area contributed by atoms with Crippen LogP contribution >= 0.6 is 0 Å². The molecule has 2 rings (SSSR count). The van der Waals surface area contributed by atoms with Crippen LogP contribution in [0.25, 0.3) is 0 Å². The number of benzene rings is 1. The van der Waals surface area contributed by atoms with Crippen molar-refractivity contribution < 1.29 is 4.74 Å². The molecule has 6 nitrogen and oxygen atoms in total. The lowest BCUT2D eigenvalue weighted by Gasteiger charge is -2.11. The maximum Gasteiger partial charge on any atom is 0.223 e. The van der Waals surface area contributed by atoms with E-state index in [-0.39, 0.29) is 5.95 Å². The molecule has 0 aliphatic rings. The summed E-state index contributed by atoms with van der Waals surface area (Å²) in [7, 11) is 3.44. The molecule has 0 spiro atoms. The lowest BCUT2D eigenvalue weighted by molar-refractivity contribution is 0.410. The van der Waals surface area contributed by atoms with E-state index in [1.165, 1.54) is 0 Å². The summed E-state index contributed by atoms with van der Waals surface area (Å²) >= 11 is 0. The van der Waals surface area contributed by atoms with E-state index in [0.29, 0.717) is 18.2 Å². The molecule has 0 bridgehead atoms. The molecule has 2 aromatic rings. The van der Waals surface area contributed by atoms with Crippen LogP contribution in [-0.2, 0) is 6.54 Å². The standard InChI is InChI=1S/C13H17N5O/c1-15-11-7-12(18-13(14)17-11)16-8-9-5-3-4-6-10(9)19-2/h3-7H,8H2,1-2H3,(H4,14,15,16,17,18). The smallest absolute Gasteiger partial charge is 0.223 e. The van der Waals surface area contributed by atoms with Crippen molar-refractivity contribution in [2.24, 2.45) is 0 Å². The molecule has 1 heterocycles. The van der Waals surface area contributed by atoms with Crippen LogP contribution in [-0.4, -0.2) is 24.1 Å². The molecule has 0 radical (unpaired) electrons. The molecule has 0 atom stereocenters. The molecule has 1 aromatic heterocycles. The second-order valence-corrected chi connectivity index (χ2v) is 3.91. The zero-order valence-corrected chi connectivity index (χ0v) is 11.0. The molecule has 100 valence electrons. The highest BCUT2D eigenvalue weighted by Crippen LogP contribution is 2.19. The van der Waals surface area contributed by atoms with Gasteiger partial charge in [-0.1, -0.05) is 18.2 Å². The summed E-state index contributed by atoms with van der Waals surface area (Å²) in [5, 5.41) is 6.13. The van der Waals surface area contributed by atoms with Crippen LogP contribution in [0.3, 0.4) is 0 Å². The predicted molar refractivity (Wildman–Crippen MR) is 76.3 cm³/mol. The Morgan fingerprint density at radius 1 is 1.21 bits per heavy atom. The minimum atomic E-state index is 0.231. The van der Waals surface area contributed by atoms with E-state index in [9.17, 15) is 0 Å². The van der Waals surface area contributed by atoms with E-state index in [1.54, 1.807) is 20.2 Å². The fraction of sp³-hybridized carbons (Fsp3) is 0.231. The van der Waals surface area contributed by atoms with Gasteiger partial charge in [-0.15, -0.1) is 0 Å². The van der Waals surface area contributed by atoms with Gasteiger partial charge >= 0.3 is 0 Å². The Balaban J connectivity index is 2.12. The zero-order valence-electron chi connectivity index (χ0n) is 11.0. The Hall–Kier alpha value is -2.50. The predicted octanol–water partition coefficient (Wildman–Crippen LogP) is 1.72. The summed E-state index contributed by atoms with van der Waals surface area (Å²) in [5.74, 6) is 2.41. The second-order valence-electron chi connectivity index (χ2n) is 3.91. The number of nitrogens with two attached hydrogens (primary N) is 1. The third kappa shape index (κ3) is 3.25. The Labute approximate surface area is 112 Å². The zero-order chi connectivity index (χ0) is 13.7. The first-order valence-corrected chi connectivity index (χ1v) is 5.91. The van der Waals surface area contributed by atoms with Crippen molar-refractivity contribution in [2.75, 3.05) is 30.5 Å². The normalized spacial score (nSPS) is 10.0. The van der Waals surface area contributed by atoms with Gasteiger partial charge in [-0.05, 0) is 6.07 Å². The first-order valence-electron chi connectivity index (χ1n) is 5.91. The fourth-order valence-corrected chi connectivity index (χ4v) is 1.72. The molecule has 0 unspecified atom stereocenters. The van der Waals surface area contributed by atoms with Crippen molar-refractivity contribution in [1.29, 1.82) is 0 Å². The number of hydrogen-bond donors (Lipinski definition) is 3. The number of hydrogen-bond acceptors (Lipinski definition) is 6. The van der Waals surface area contributed by atoms with Gasteiger partial charge in [0.15, 0.2) is 0 Å². The summed E-state index contributed by atoms with van der Waals surface area (Å²) in [4.78, 5) is 8.16. The first kappa shape index (κ1) is 12.9. The molecule has 4 N–H and O–H groups in total. The highest BCUT2D eigenvalue weighted by atomic mass is 16.5. The van der Waals surface area contributed by atoms with Crippen LogP contribution in [0.4, 0.5) is 17.6 Å². The maximum atomic E-state index is 5.63. The number of para-hydroxylation sites is 1. The Bertz CT molecular complexity index is 558. The quantitative estimate of drug-likeness (QED) is 0.758. The average Bonchev–Trinajstić information content (AvgIpc) is 2.44. The van der Waals surface area contributed by atoms with Crippen LogP contribution < -0.4 is 21.1 Å². The van der Waals surface area contributed by atoms with E-state index < -0.39 is 0 Å². The number of aromatic nitrogens is 2. The molecule has 1 aromatic carbocycles. The molecule has 0 amide bonds. The van der Waals surface area contributed by atoms with E-state index in [1.807, 2.05) is 24.3 Å². The molecular formula is C13H17N5O. The van der Waals surface area contributed by atoms with Crippen molar-refractivity contribution in [3.05, 3.63) is 35.9 Å². The Morgan fingerprint density at radius 2 is 1.95 bits per heavy atom. The van der Waals surface area contributed by atoms with Crippen LogP contribution in [0.5, 0.6) is 5.75 Å². The Kier molecular flexibility index (Phi) is 4.02. The summed E-state index contributed by atoms with van der Waals surface area (Å²) in [6.07, 6.45) is 0. The number of nitrogen functional groups attached to an aromatic ring is 1. The van der Waals surface area contributed by atoms with Gasteiger partial charge in [0, 0.05) is 25.2 Å². The third-order valence-corrected chi connectivity index (χ3v) is 2.65. The highest BCUT2D eigenvalue weighted by molar-refractivity contribution is 5.51. The number of methoxy groups -OCH3 is 1. The van der Waals surface area contributed by atoms with Gasteiger partial charge in [-0.3, -0.25) is 0 Å². The van der Waals surface area contributed by atoms with Gasteiger partial charge in [-0.2, -0.15) is 9.97 Å². The van der Waals surface area contributed by atoms with Gasteiger partial charge in [0.05, 0.1) is 7.11 Å². The molecule has 0 aliphatic carbocycles. The van der Waals surface area contributed by atoms with Gasteiger partial charge < -0.3 is 21.1 Å². The minimum Gasteiger partial charge on any atom is -0.496 e. The summed E-state index contributed by atoms with van der Waals surface area (Å²) in [6, 6.07) is 9.61. The molecule has 6 heteroatoms. The Morgan fingerprint density at radius 3 is 2.68 bits per heavy atom. The van der Waals surface area contributed by atoms with Crippen molar-refractivity contribution in [1.82, 2.24) is 9.97 Å². The maximum absolute atomic E-state index is 5.63. The van der Waals surface area contributed by atoms with Gasteiger partial charge in [-0.25, -0.2) is 0 Å². The molecule has 0 saturated carbocycles. The van der Waals surface area contributed by atoms with Gasteiger partial charge in [0.1, 0.15) is 17.4 Å². The van der Waals surface area contributed by atoms with E-state index in [4.69, 9.17) is 10.5 Å². The van der Waals surface area contributed by atoms with Gasteiger partial charge in [0.2, 0.25) is 5.95 Å². The average molecular weight is 259 g/mol. The summed E-state index contributed by atoms with van der Waals surface area (Å²) < 4.78 is 5.29. The van der Waals surface area contributed by atoms with Crippen molar-refractivity contribution >= 4 is 17.6 Å². The lowest BCUT2D eigenvalue weighted by Crippen LogP contribution is -2.07. The largest absolute Gasteiger partial charge is 0.496 e. The SMILES string of the molecule is CNc1cc(NCc2ccccc2OC)nc(N)n1. The fourth-order valence-electron chi connectivity index (χ4n) is 1.72. The topological polar surface area (TPSA) is 85.1 Å². The van der Waals surface area contributed by atoms with Crippen molar-refractivity contribution in [3.8, 4) is 5.75 Å². The third-order valence-electron chi connectivity index (χ3n) is 2.65. The van der Waals surface area contributed by atoms with Crippen LogP contribution in [0.2, 0.25) is 0 Å². The monoisotopic (exact) mass is 259 g/mol. The van der Waals surface area contributed by atoms with Crippen LogP contribution in [0.15, 0.2) is 30.3 Å². The van der Waals surface area contributed by atoms with Crippen molar-refractivity contribution in [2.45, 2.75) is 6.54 Å². The molecule has 19 heavy (non-hydrogen) atoms. The molecule has 0 saturated heterocycles. The first-order chi connectivity index (χ1) is 9.22. The number of nitrogens with one attached hydrogen (secondary N) is 2. The highest BCUT2D eigenvalue weighted by Gasteiger charge is 2.04. The lowest BCUT2D eigenvalue weighted by atomic mass is 10.2. The van der Waals surface area contributed by atoms with E-state index >= 15 is 0 Å². The van der Waals surface area contributed by atoms with E-state index in [0.717, 1.165) is 11.3 Å². The van der Waals surface area contributed by atoms with Crippen molar-refractivity contribution in [3.63, 3.8) is 0 Å². The van der Waals surface area contributed by atoms with Gasteiger partial charge in [0.25, 0.3) is 0 Å². The summed E-state index contributed by atoms with van der Waals surface area (Å²) in [5.41, 5.74) is 6.68. The van der Waals surface area contributed by atoms with Crippen LogP contribution in [0.1, 0.15) is 5.56 Å². The number of anilines is 3. The molecular weight excluding hydrogens is 242 g/mol. The number of ether oxygens (including phenoxy) is 1. The second kappa shape index (κ2) is 5.90. The summed E-state index contributed by atoms with van der Waals surface area (Å²) in [6.45, 7) is 0.601. The minimum absolute atomic E-state index is 0.231. The van der Waals surface area contributed by atoms with E-state index in [2.05, 4.69) is 20.6 Å². The molecule has 0 fully saturated rings. The van der Waals surface area contributed by atoms with Crippen LogP contribution in [0, 0.1) is 0 Å². The molecule has 0 aliphatic heterocycles.